The smallest absolute Gasteiger partial charge is 0.262 e. The summed E-state index contributed by atoms with van der Waals surface area (Å²) < 4.78 is 5.54. The van der Waals surface area contributed by atoms with Crippen LogP contribution in [0.2, 0.25) is 5.02 Å². The Kier molecular flexibility index (Phi) is 6.64. The number of aryl methyl sites for hydroxylation is 1. The highest BCUT2D eigenvalue weighted by Crippen LogP contribution is 2.21. The molecule has 0 fully saturated rings. The third kappa shape index (κ3) is 5.87. The number of benzene rings is 2. The van der Waals surface area contributed by atoms with Gasteiger partial charge >= 0.3 is 0 Å². The van der Waals surface area contributed by atoms with Crippen molar-refractivity contribution in [1.29, 1.82) is 0 Å². The molecule has 0 radical (unpaired) electrons. The molecule has 128 valence electrons. The predicted molar refractivity (Wildman–Crippen MR) is 99.0 cm³/mol. The quantitative estimate of drug-likeness (QED) is 0.829. The number of carbonyl (C=O) groups is 1. The Morgan fingerprint density at radius 3 is 2.50 bits per heavy atom. The first-order valence-corrected chi connectivity index (χ1v) is 8.24. The fourth-order valence-electron chi connectivity index (χ4n) is 2.22. The van der Waals surface area contributed by atoms with E-state index in [-0.39, 0.29) is 12.5 Å². The van der Waals surface area contributed by atoms with Crippen molar-refractivity contribution in [2.45, 2.75) is 13.3 Å². The second-order valence-corrected chi connectivity index (χ2v) is 6.43. The number of carbonyl (C=O) groups excluding carboxylic acids is 1. The number of rotatable bonds is 7. The van der Waals surface area contributed by atoms with Crippen molar-refractivity contribution in [2.75, 3.05) is 32.6 Å². The van der Waals surface area contributed by atoms with E-state index in [1.54, 1.807) is 18.2 Å². The lowest BCUT2D eigenvalue weighted by Crippen LogP contribution is -2.20. The van der Waals surface area contributed by atoms with E-state index in [0.29, 0.717) is 10.8 Å². The topological polar surface area (TPSA) is 41.6 Å². The predicted octanol–water partition coefficient (Wildman–Crippen LogP) is 3.77. The molecule has 0 atom stereocenters. The summed E-state index contributed by atoms with van der Waals surface area (Å²) in [5.74, 6) is 0.471. The third-order valence-corrected chi connectivity index (χ3v) is 3.82. The van der Waals surface area contributed by atoms with Crippen molar-refractivity contribution >= 4 is 23.2 Å². The summed E-state index contributed by atoms with van der Waals surface area (Å²) in [5.41, 5.74) is 2.92. The molecule has 5 heteroatoms. The van der Waals surface area contributed by atoms with Crippen LogP contribution >= 0.6 is 11.6 Å². The number of nitrogens with zero attached hydrogens (tertiary/aromatic N) is 1. The first kappa shape index (κ1) is 18.3. The summed E-state index contributed by atoms with van der Waals surface area (Å²) in [6.07, 6.45) is 0.986. The summed E-state index contributed by atoms with van der Waals surface area (Å²) in [7, 11) is 4.11. The monoisotopic (exact) mass is 346 g/mol. The van der Waals surface area contributed by atoms with E-state index >= 15 is 0 Å². The van der Waals surface area contributed by atoms with Gasteiger partial charge in [-0.2, -0.15) is 0 Å². The van der Waals surface area contributed by atoms with Crippen molar-refractivity contribution in [1.82, 2.24) is 4.90 Å². The molecule has 0 aliphatic heterocycles. The van der Waals surface area contributed by atoms with Gasteiger partial charge in [0.05, 0.1) is 0 Å². The molecule has 0 aromatic heterocycles. The molecule has 2 rings (SSSR count). The first-order valence-electron chi connectivity index (χ1n) is 7.86. The number of likely N-dealkylation sites (N-methyl/N-ethyl adjacent to an activating group) is 1. The number of halogens is 1. The van der Waals surface area contributed by atoms with E-state index in [0.717, 1.165) is 24.2 Å². The van der Waals surface area contributed by atoms with Gasteiger partial charge in [-0.3, -0.25) is 4.79 Å². The van der Waals surface area contributed by atoms with Crippen LogP contribution in [0.5, 0.6) is 5.75 Å². The normalized spacial score (nSPS) is 10.7. The molecule has 2 aromatic carbocycles. The zero-order valence-electron chi connectivity index (χ0n) is 14.3. The van der Waals surface area contributed by atoms with Crippen molar-refractivity contribution < 1.29 is 9.53 Å². The fourth-order valence-corrected chi connectivity index (χ4v) is 2.45. The van der Waals surface area contributed by atoms with E-state index in [2.05, 4.69) is 24.3 Å². The third-order valence-electron chi connectivity index (χ3n) is 3.58. The highest BCUT2D eigenvalue weighted by molar-refractivity contribution is 6.30. The SMILES string of the molecule is Cc1cc(Cl)ccc1OCC(=O)Nc1ccc(CCN(C)C)cc1. The summed E-state index contributed by atoms with van der Waals surface area (Å²) in [6.45, 7) is 2.86. The zero-order valence-corrected chi connectivity index (χ0v) is 15.1. The molecule has 0 aliphatic rings. The van der Waals surface area contributed by atoms with Gasteiger partial charge in [-0.1, -0.05) is 23.7 Å². The van der Waals surface area contributed by atoms with Gasteiger partial charge in [0, 0.05) is 17.3 Å². The maximum Gasteiger partial charge on any atom is 0.262 e. The lowest BCUT2D eigenvalue weighted by molar-refractivity contribution is -0.118. The summed E-state index contributed by atoms with van der Waals surface area (Å²) >= 11 is 5.90. The van der Waals surface area contributed by atoms with Gasteiger partial charge in [0.1, 0.15) is 5.75 Å². The van der Waals surface area contributed by atoms with Crippen LogP contribution in [0.1, 0.15) is 11.1 Å². The second kappa shape index (κ2) is 8.71. The number of anilines is 1. The van der Waals surface area contributed by atoms with Crippen LogP contribution in [-0.4, -0.2) is 38.1 Å². The Hall–Kier alpha value is -2.04. The molecule has 2 aromatic rings. The van der Waals surface area contributed by atoms with Crippen LogP contribution in [0.15, 0.2) is 42.5 Å². The van der Waals surface area contributed by atoms with Crippen LogP contribution in [0.4, 0.5) is 5.69 Å². The van der Waals surface area contributed by atoms with Crippen molar-refractivity contribution in [3.05, 3.63) is 58.6 Å². The number of amides is 1. The Labute approximate surface area is 148 Å². The van der Waals surface area contributed by atoms with Crippen molar-refractivity contribution in [3.63, 3.8) is 0 Å². The molecule has 0 aliphatic carbocycles. The Bertz CT molecular complexity index is 684. The van der Waals surface area contributed by atoms with E-state index in [1.165, 1.54) is 5.56 Å². The average molecular weight is 347 g/mol. The van der Waals surface area contributed by atoms with Crippen molar-refractivity contribution in [2.24, 2.45) is 0 Å². The van der Waals surface area contributed by atoms with E-state index in [1.807, 2.05) is 31.2 Å². The minimum atomic E-state index is -0.189. The largest absolute Gasteiger partial charge is 0.483 e. The summed E-state index contributed by atoms with van der Waals surface area (Å²) in [5, 5.41) is 3.49. The van der Waals surface area contributed by atoms with Gasteiger partial charge in [-0.25, -0.2) is 0 Å². The Balaban J connectivity index is 1.83. The lowest BCUT2D eigenvalue weighted by atomic mass is 10.1. The molecule has 0 heterocycles. The molecule has 0 spiro atoms. The van der Waals surface area contributed by atoms with Gasteiger partial charge in [0.2, 0.25) is 0 Å². The molecule has 0 unspecified atom stereocenters. The van der Waals surface area contributed by atoms with Crippen LogP contribution in [0.3, 0.4) is 0 Å². The van der Waals surface area contributed by atoms with Crippen LogP contribution in [0.25, 0.3) is 0 Å². The summed E-state index contributed by atoms with van der Waals surface area (Å²) in [6, 6.07) is 13.2. The summed E-state index contributed by atoms with van der Waals surface area (Å²) in [4.78, 5) is 14.1. The average Bonchev–Trinajstić information content (AvgIpc) is 2.53. The molecule has 0 saturated heterocycles. The molecular weight excluding hydrogens is 324 g/mol. The van der Waals surface area contributed by atoms with Crippen LogP contribution in [-0.2, 0) is 11.2 Å². The lowest BCUT2D eigenvalue weighted by Gasteiger charge is -2.11. The highest BCUT2D eigenvalue weighted by atomic mass is 35.5. The maximum atomic E-state index is 12.0. The highest BCUT2D eigenvalue weighted by Gasteiger charge is 2.06. The van der Waals surface area contributed by atoms with Gasteiger partial charge < -0.3 is 15.0 Å². The molecule has 4 nitrogen and oxygen atoms in total. The van der Waals surface area contributed by atoms with Gasteiger partial charge in [0.25, 0.3) is 5.91 Å². The Morgan fingerprint density at radius 1 is 1.17 bits per heavy atom. The van der Waals surface area contributed by atoms with Gasteiger partial charge in [0.15, 0.2) is 6.61 Å². The van der Waals surface area contributed by atoms with Crippen molar-refractivity contribution in [3.8, 4) is 5.75 Å². The van der Waals surface area contributed by atoms with Gasteiger partial charge in [-0.15, -0.1) is 0 Å². The Morgan fingerprint density at radius 2 is 1.88 bits per heavy atom. The number of hydrogen-bond donors (Lipinski definition) is 1. The van der Waals surface area contributed by atoms with Crippen LogP contribution in [0, 0.1) is 6.92 Å². The molecular formula is C19H23ClN2O2. The molecule has 24 heavy (non-hydrogen) atoms. The molecule has 1 N–H and O–H groups in total. The van der Waals surface area contributed by atoms with Gasteiger partial charge in [-0.05, 0) is 68.9 Å². The fraction of sp³-hybridized carbons (Fsp3) is 0.316. The number of ether oxygens (including phenoxy) is 1. The second-order valence-electron chi connectivity index (χ2n) is 6.00. The van der Waals surface area contributed by atoms with E-state index < -0.39 is 0 Å². The molecule has 1 amide bonds. The van der Waals surface area contributed by atoms with E-state index in [4.69, 9.17) is 16.3 Å². The standard InChI is InChI=1S/C19H23ClN2O2/c1-14-12-16(20)6-9-18(14)24-13-19(23)21-17-7-4-15(5-8-17)10-11-22(2)3/h4-9,12H,10-11,13H2,1-3H3,(H,21,23). The number of hydrogen-bond acceptors (Lipinski definition) is 3. The molecule has 0 bridgehead atoms. The first-order chi connectivity index (χ1) is 11.4. The molecule has 0 saturated carbocycles. The van der Waals surface area contributed by atoms with E-state index in [9.17, 15) is 4.79 Å². The maximum absolute atomic E-state index is 12.0. The van der Waals surface area contributed by atoms with Crippen LogP contribution < -0.4 is 10.1 Å². The number of nitrogens with one attached hydrogen (secondary N) is 1. The minimum absolute atomic E-state index is 0.0369. The minimum Gasteiger partial charge on any atom is -0.483 e. The zero-order chi connectivity index (χ0) is 17.5.